The van der Waals surface area contributed by atoms with Crippen LogP contribution in [0.1, 0.15) is 5.56 Å². The Labute approximate surface area is 89.8 Å². The van der Waals surface area contributed by atoms with Gasteiger partial charge in [-0.05, 0) is 23.3 Å². The number of hydrogen-bond donors (Lipinski definition) is 2. The summed E-state index contributed by atoms with van der Waals surface area (Å²) in [5.74, 6) is -1.06. The van der Waals surface area contributed by atoms with Crippen LogP contribution in [0.2, 0.25) is 0 Å². The topological polar surface area (TPSA) is 57.5 Å². The Morgan fingerprint density at radius 3 is 2.36 bits per heavy atom. The summed E-state index contributed by atoms with van der Waals surface area (Å²) < 4.78 is 0.911. The highest BCUT2D eigenvalue weighted by molar-refractivity contribution is 9.10. The van der Waals surface area contributed by atoms with E-state index in [9.17, 15) is 4.79 Å². The minimum atomic E-state index is -1.06. The molecular weight excluding hydrogens is 248 g/mol. The number of hydrogen-bond acceptors (Lipinski definition) is 2. The van der Waals surface area contributed by atoms with E-state index in [1.165, 1.54) is 0 Å². The Bertz CT molecular complexity index is 354. The molecule has 0 saturated carbocycles. The lowest BCUT2D eigenvalue weighted by atomic mass is 10.1. The van der Waals surface area contributed by atoms with E-state index in [0.717, 1.165) is 10.5 Å². The summed E-state index contributed by atoms with van der Waals surface area (Å²) >= 11 is 3.27. The molecule has 0 aliphatic rings. The van der Waals surface area contributed by atoms with Crippen LogP contribution in [0.3, 0.4) is 0 Å². The van der Waals surface area contributed by atoms with Crippen LogP contribution in [0, 0.1) is 0 Å². The van der Waals surface area contributed by atoms with Crippen LogP contribution < -0.4 is 0 Å². The van der Waals surface area contributed by atoms with Gasteiger partial charge in [-0.15, -0.1) is 0 Å². The molecule has 0 amide bonds. The van der Waals surface area contributed by atoms with Crippen molar-refractivity contribution in [2.45, 2.75) is 0 Å². The summed E-state index contributed by atoms with van der Waals surface area (Å²) in [4.78, 5) is 10.4. The minimum absolute atomic E-state index is 0.284. The van der Waals surface area contributed by atoms with Crippen molar-refractivity contribution < 1.29 is 15.0 Å². The second-order valence-corrected chi connectivity index (χ2v) is 3.59. The van der Waals surface area contributed by atoms with Gasteiger partial charge in [0.1, 0.15) is 0 Å². The van der Waals surface area contributed by atoms with Gasteiger partial charge in [0.25, 0.3) is 0 Å². The molecule has 4 heteroatoms. The summed E-state index contributed by atoms with van der Waals surface area (Å²) in [5.41, 5.74) is 1.10. The van der Waals surface area contributed by atoms with Gasteiger partial charge in [0, 0.05) is 10.5 Å². The number of aliphatic hydroxyl groups excluding tert-OH is 1. The van der Waals surface area contributed by atoms with Gasteiger partial charge in [0.2, 0.25) is 0 Å². The summed E-state index contributed by atoms with van der Waals surface area (Å²) in [6, 6.07) is 7.07. The van der Waals surface area contributed by atoms with E-state index in [-0.39, 0.29) is 6.61 Å². The first-order chi connectivity index (χ1) is 6.63. The van der Waals surface area contributed by atoms with E-state index in [1.807, 2.05) is 0 Å². The molecule has 0 saturated heterocycles. The number of aliphatic hydroxyl groups is 1. The van der Waals surface area contributed by atoms with E-state index in [0.29, 0.717) is 11.1 Å². The molecule has 1 rings (SSSR count). The highest BCUT2D eigenvalue weighted by Gasteiger charge is 2.02. The predicted molar refractivity (Wildman–Crippen MR) is 56.8 cm³/mol. The van der Waals surface area contributed by atoms with Crippen LogP contribution in [0.15, 0.2) is 34.8 Å². The fraction of sp³-hybridized carbons (Fsp3) is 0.100. The van der Waals surface area contributed by atoms with Gasteiger partial charge < -0.3 is 10.2 Å². The quantitative estimate of drug-likeness (QED) is 0.813. The third-order valence-electron chi connectivity index (χ3n) is 1.68. The molecule has 1 aromatic carbocycles. The lowest BCUT2D eigenvalue weighted by molar-refractivity contribution is -0.131. The van der Waals surface area contributed by atoms with Gasteiger partial charge in [-0.2, -0.15) is 0 Å². The summed E-state index contributed by atoms with van der Waals surface area (Å²) in [7, 11) is 0. The predicted octanol–water partition coefficient (Wildman–Crippen LogP) is 1.91. The third kappa shape index (κ3) is 2.97. The number of carbonyl (C=O) groups is 1. The van der Waals surface area contributed by atoms with E-state index < -0.39 is 5.97 Å². The molecule has 0 aliphatic carbocycles. The number of halogens is 1. The number of carboxylic acids is 1. The van der Waals surface area contributed by atoms with Gasteiger partial charge in [0.05, 0.1) is 6.61 Å². The number of carboxylic acid groups (broad SMARTS) is 1. The standard InChI is InChI=1S/C10H9BrO3/c11-9-3-1-7(2-4-9)8(6-12)5-10(13)14/h1-5,12H,6H2,(H,13,14)/b8-5+. The Morgan fingerprint density at radius 2 is 1.93 bits per heavy atom. The van der Waals surface area contributed by atoms with Gasteiger partial charge in [-0.1, -0.05) is 28.1 Å². The largest absolute Gasteiger partial charge is 0.478 e. The fourth-order valence-corrected chi connectivity index (χ4v) is 1.30. The lowest BCUT2D eigenvalue weighted by Crippen LogP contribution is -1.96. The van der Waals surface area contributed by atoms with Crippen LogP contribution in [0.4, 0.5) is 0 Å². The minimum Gasteiger partial charge on any atom is -0.478 e. The molecule has 0 heterocycles. The zero-order valence-corrected chi connectivity index (χ0v) is 8.86. The Hall–Kier alpha value is -1.13. The Morgan fingerprint density at radius 1 is 1.36 bits per heavy atom. The van der Waals surface area contributed by atoms with Crippen molar-refractivity contribution in [1.29, 1.82) is 0 Å². The van der Waals surface area contributed by atoms with Crippen LogP contribution in [0.5, 0.6) is 0 Å². The van der Waals surface area contributed by atoms with Crippen molar-refractivity contribution in [3.05, 3.63) is 40.4 Å². The molecule has 0 spiro atoms. The smallest absolute Gasteiger partial charge is 0.328 e. The van der Waals surface area contributed by atoms with Crippen molar-refractivity contribution in [3.63, 3.8) is 0 Å². The molecule has 0 aromatic heterocycles. The molecule has 0 radical (unpaired) electrons. The maximum absolute atomic E-state index is 10.4. The van der Waals surface area contributed by atoms with Crippen molar-refractivity contribution >= 4 is 27.5 Å². The van der Waals surface area contributed by atoms with Crippen LogP contribution in [-0.2, 0) is 4.79 Å². The maximum atomic E-state index is 10.4. The molecule has 0 fully saturated rings. The second kappa shape index (κ2) is 4.93. The first-order valence-corrected chi connectivity index (χ1v) is 4.73. The average molecular weight is 257 g/mol. The van der Waals surface area contributed by atoms with Crippen molar-refractivity contribution in [2.75, 3.05) is 6.61 Å². The van der Waals surface area contributed by atoms with Gasteiger partial charge in [-0.25, -0.2) is 4.79 Å². The first-order valence-electron chi connectivity index (χ1n) is 3.94. The number of benzene rings is 1. The Kier molecular flexibility index (Phi) is 3.85. The molecule has 1 aromatic rings. The molecule has 0 atom stereocenters. The normalized spacial score (nSPS) is 11.4. The van der Waals surface area contributed by atoms with Crippen LogP contribution in [-0.4, -0.2) is 22.8 Å². The zero-order chi connectivity index (χ0) is 10.6. The van der Waals surface area contributed by atoms with Gasteiger partial charge >= 0.3 is 5.97 Å². The molecule has 74 valence electrons. The van der Waals surface area contributed by atoms with Crippen LogP contribution >= 0.6 is 15.9 Å². The maximum Gasteiger partial charge on any atom is 0.328 e. The highest BCUT2D eigenvalue weighted by atomic mass is 79.9. The van der Waals surface area contributed by atoms with Crippen molar-refractivity contribution in [2.24, 2.45) is 0 Å². The number of rotatable bonds is 3. The van der Waals surface area contributed by atoms with Gasteiger partial charge in [-0.3, -0.25) is 0 Å². The SMILES string of the molecule is O=C(O)/C=C(\CO)c1ccc(Br)cc1. The van der Waals surface area contributed by atoms with Crippen molar-refractivity contribution in [1.82, 2.24) is 0 Å². The second-order valence-electron chi connectivity index (χ2n) is 2.67. The Balaban J connectivity index is 3.01. The monoisotopic (exact) mass is 256 g/mol. The molecular formula is C10H9BrO3. The number of aliphatic carboxylic acids is 1. The van der Waals surface area contributed by atoms with E-state index in [2.05, 4.69) is 15.9 Å². The third-order valence-corrected chi connectivity index (χ3v) is 2.21. The van der Waals surface area contributed by atoms with Crippen molar-refractivity contribution in [3.8, 4) is 0 Å². The highest BCUT2D eigenvalue weighted by Crippen LogP contribution is 2.17. The zero-order valence-electron chi connectivity index (χ0n) is 7.27. The summed E-state index contributed by atoms with van der Waals surface area (Å²) in [5, 5.41) is 17.5. The molecule has 2 N–H and O–H groups in total. The van der Waals surface area contributed by atoms with E-state index >= 15 is 0 Å². The molecule has 0 unspecified atom stereocenters. The summed E-state index contributed by atoms with van der Waals surface area (Å²) in [6.07, 6.45) is 1.00. The molecule has 3 nitrogen and oxygen atoms in total. The molecule has 0 bridgehead atoms. The van der Waals surface area contributed by atoms with Crippen LogP contribution in [0.25, 0.3) is 5.57 Å². The first kappa shape index (κ1) is 10.9. The lowest BCUT2D eigenvalue weighted by Gasteiger charge is -2.02. The summed E-state index contributed by atoms with van der Waals surface area (Å²) in [6.45, 7) is -0.284. The van der Waals surface area contributed by atoms with Gasteiger partial charge in [0.15, 0.2) is 0 Å². The van der Waals surface area contributed by atoms with E-state index in [4.69, 9.17) is 10.2 Å². The molecule has 14 heavy (non-hydrogen) atoms. The average Bonchev–Trinajstić information content (AvgIpc) is 2.15. The molecule has 0 aliphatic heterocycles. The van der Waals surface area contributed by atoms with E-state index in [1.54, 1.807) is 24.3 Å². The fourth-order valence-electron chi connectivity index (χ4n) is 1.03.